The number of nitrogens with one attached hydrogen (secondary N) is 2. The van der Waals surface area contributed by atoms with E-state index in [1.54, 1.807) is 35.2 Å². The molecule has 4 rings (SSSR count). The van der Waals surface area contributed by atoms with Crippen LogP contribution in [0.15, 0.2) is 41.3 Å². The first kappa shape index (κ1) is 23.0. The van der Waals surface area contributed by atoms with Crippen molar-refractivity contribution in [3.8, 4) is 0 Å². The summed E-state index contributed by atoms with van der Waals surface area (Å²) >= 11 is 0. The zero-order valence-corrected chi connectivity index (χ0v) is 19.7. The van der Waals surface area contributed by atoms with Crippen LogP contribution in [0.2, 0.25) is 0 Å². The van der Waals surface area contributed by atoms with Crippen molar-refractivity contribution in [3.63, 3.8) is 0 Å². The summed E-state index contributed by atoms with van der Waals surface area (Å²) < 4.78 is 32.5. The van der Waals surface area contributed by atoms with Gasteiger partial charge in [-0.15, -0.1) is 0 Å². The molecule has 1 aliphatic rings. The van der Waals surface area contributed by atoms with Crippen LogP contribution in [0.3, 0.4) is 0 Å². The van der Waals surface area contributed by atoms with Gasteiger partial charge in [-0.2, -0.15) is 0 Å². The fourth-order valence-electron chi connectivity index (χ4n) is 4.09. The number of hydrogen-bond donors (Lipinski definition) is 2. The molecule has 1 amide bonds. The largest absolute Gasteiger partial charge is 0.465 e. The molecule has 0 saturated heterocycles. The van der Waals surface area contributed by atoms with Crippen LogP contribution in [-0.4, -0.2) is 50.4 Å². The van der Waals surface area contributed by atoms with Crippen LogP contribution in [0, 0.1) is 13.8 Å². The molecule has 3 aromatic rings. The molecule has 0 aliphatic carbocycles. The van der Waals surface area contributed by atoms with Gasteiger partial charge in [0.2, 0.25) is 15.9 Å². The summed E-state index contributed by atoms with van der Waals surface area (Å²) in [6, 6.07) is 10.3. The second-order valence-corrected chi connectivity index (χ2v) is 10.1. The quantitative estimate of drug-likeness (QED) is 0.540. The Morgan fingerprint density at radius 3 is 2.64 bits per heavy atom. The lowest BCUT2D eigenvalue weighted by Gasteiger charge is -2.27. The van der Waals surface area contributed by atoms with E-state index < -0.39 is 16.0 Å². The fraction of sp³-hybridized carbons (Fsp3) is 0.333. The third kappa shape index (κ3) is 4.65. The molecule has 8 nitrogen and oxygen atoms in total. The lowest BCUT2D eigenvalue weighted by Crippen LogP contribution is -2.37. The van der Waals surface area contributed by atoms with Crippen LogP contribution in [0.4, 0.5) is 0 Å². The number of nitrogens with zero attached hydrogens (tertiary/aromatic N) is 1. The molecule has 1 aliphatic heterocycles. The Labute approximate surface area is 193 Å². The standard InChI is InChI=1S/C24H27N3O5S/c1-15-4-6-18(12-16(15)2)33(30,31)25-10-8-23(28)27-11-9-22-20(14-27)19-13-17(24(29)32-3)5-7-21(19)26-22/h4-7,12-13,25-26H,8-11,14H2,1-3H3. The van der Waals surface area contributed by atoms with Crippen molar-refractivity contribution in [3.05, 3.63) is 64.3 Å². The summed E-state index contributed by atoms with van der Waals surface area (Å²) in [5.74, 6) is -0.534. The third-order valence-electron chi connectivity index (χ3n) is 6.17. The number of hydrogen-bond acceptors (Lipinski definition) is 5. The molecule has 0 saturated carbocycles. The van der Waals surface area contributed by atoms with Gasteiger partial charge in [0.1, 0.15) is 0 Å². The number of esters is 1. The fourth-order valence-corrected chi connectivity index (χ4v) is 5.20. The highest BCUT2D eigenvalue weighted by Crippen LogP contribution is 2.29. The van der Waals surface area contributed by atoms with Gasteiger partial charge in [-0.25, -0.2) is 17.9 Å². The number of fused-ring (bicyclic) bond motifs is 3. The van der Waals surface area contributed by atoms with Gasteiger partial charge in [-0.1, -0.05) is 6.07 Å². The SMILES string of the molecule is COC(=O)c1ccc2[nH]c3c(c2c1)CN(C(=O)CCNS(=O)(=O)c1ccc(C)c(C)c1)CC3. The highest BCUT2D eigenvalue weighted by molar-refractivity contribution is 7.89. The van der Waals surface area contributed by atoms with Gasteiger partial charge < -0.3 is 14.6 Å². The summed E-state index contributed by atoms with van der Waals surface area (Å²) in [6.07, 6.45) is 0.729. The molecule has 2 heterocycles. The van der Waals surface area contributed by atoms with Gasteiger partial charge in [0.15, 0.2) is 0 Å². The van der Waals surface area contributed by atoms with Gasteiger partial charge in [0, 0.05) is 54.6 Å². The van der Waals surface area contributed by atoms with Gasteiger partial charge in [-0.3, -0.25) is 4.79 Å². The van der Waals surface area contributed by atoms with Gasteiger partial charge >= 0.3 is 5.97 Å². The Kier molecular flexibility index (Phi) is 6.27. The average molecular weight is 470 g/mol. The number of benzene rings is 2. The number of carbonyl (C=O) groups is 2. The topological polar surface area (TPSA) is 109 Å². The highest BCUT2D eigenvalue weighted by atomic mass is 32.2. The molecule has 0 spiro atoms. The Morgan fingerprint density at radius 1 is 1.12 bits per heavy atom. The predicted molar refractivity (Wildman–Crippen MR) is 124 cm³/mol. The smallest absolute Gasteiger partial charge is 0.337 e. The summed E-state index contributed by atoms with van der Waals surface area (Å²) in [4.78, 5) is 30.0. The number of methoxy groups -OCH3 is 1. The maximum atomic E-state index is 12.8. The molecule has 174 valence electrons. The second kappa shape index (κ2) is 8.99. The van der Waals surface area contributed by atoms with E-state index in [2.05, 4.69) is 9.71 Å². The second-order valence-electron chi connectivity index (χ2n) is 8.29. The first-order valence-electron chi connectivity index (χ1n) is 10.8. The molecule has 0 bridgehead atoms. The highest BCUT2D eigenvalue weighted by Gasteiger charge is 2.25. The minimum Gasteiger partial charge on any atom is -0.465 e. The molecule has 2 N–H and O–H groups in total. The number of H-pyrrole nitrogens is 1. The molecule has 33 heavy (non-hydrogen) atoms. The number of sulfonamides is 1. The molecular weight excluding hydrogens is 442 g/mol. The van der Waals surface area contributed by atoms with Gasteiger partial charge in [-0.05, 0) is 55.3 Å². The molecule has 2 aromatic carbocycles. The van der Waals surface area contributed by atoms with Crippen LogP contribution in [0.1, 0.15) is 39.2 Å². The molecule has 0 atom stereocenters. The number of aromatic amines is 1. The van der Waals surface area contributed by atoms with E-state index in [0.29, 0.717) is 25.1 Å². The van der Waals surface area contributed by atoms with Gasteiger partial charge in [0.25, 0.3) is 0 Å². The number of amides is 1. The van der Waals surface area contributed by atoms with Crippen molar-refractivity contribution >= 4 is 32.8 Å². The normalized spacial score (nSPS) is 13.7. The molecule has 0 radical (unpaired) electrons. The third-order valence-corrected chi connectivity index (χ3v) is 7.63. The van der Waals surface area contributed by atoms with E-state index in [1.807, 2.05) is 19.9 Å². The van der Waals surface area contributed by atoms with Crippen LogP contribution in [-0.2, 0) is 32.5 Å². The van der Waals surface area contributed by atoms with E-state index in [9.17, 15) is 18.0 Å². The maximum Gasteiger partial charge on any atom is 0.337 e. The van der Waals surface area contributed by atoms with Gasteiger partial charge in [0.05, 0.1) is 17.6 Å². The number of carbonyl (C=O) groups excluding carboxylic acids is 2. The minimum atomic E-state index is -3.68. The van der Waals surface area contributed by atoms with E-state index in [4.69, 9.17) is 4.74 Å². The Balaban J connectivity index is 1.42. The summed E-state index contributed by atoms with van der Waals surface area (Å²) in [5, 5.41) is 0.890. The van der Waals surface area contributed by atoms with Crippen molar-refractivity contribution in [1.82, 2.24) is 14.6 Å². The Bertz CT molecular complexity index is 1340. The zero-order chi connectivity index (χ0) is 23.8. The maximum absolute atomic E-state index is 12.8. The van der Waals surface area contributed by atoms with Crippen LogP contribution >= 0.6 is 0 Å². The minimum absolute atomic E-state index is 0.0256. The molecule has 0 unspecified atom stereocenters. The Morgan fingerprint density at radius 2 is 1.91 bits per heavy atom. The van der Waals surface area contributed by atoms with Crippen molar-refractivity contribution in [1.29, 1.82) is 0 Å². The van der Waals surface area contributed by atoms with Crippen molar-refractivity contribution in [2.45, 2.75) is 38.1 Å². The zero-order valence-electron chi connectivity index (χ0n) is 18.9. The number of aryl methyl sites for hydroxylation is 2. The first-order chi connectivity index (χ1) is 15.7. The van der Waals surface area contributed by atoms with Crippen molar-refractivity contribution < 1.29 is 22.7 Å². The summed E-state index contributed by atoms with van der Waals surface area (Å²) in [6.45, 7) is 4.76. The van der Waals surface area contributed by atoms with Crippen molar-refractivity contribution in [2.24, 2.45) is 0 Å². The Hall–Kier alpha value is -3.17. The lowest BCUT2D eigenvalue weighted by molar-refractivity contribution is -0.131. The number of ether oxygens (including phenoxy) is 1. The van der Waals surface area contributed by atoms with Crippen LogP contribution < -0.4 is 4.72 Å². The van der Waals surface area contributed by atoms with Crippen LogP contribution in [0.5, 0.6) is 0 Å². The molecule has 1 aromatic heterocycles. The van der Waals surface area contributed by atoms with Crippen LogP contribution in [0.25, 0.3) is 10.9 Å². The van der Waals surface area contributed by atoms with Crippen molar-refractivity contribution in [2.75, 3.05) is 20.2 Å². The van der Waals surface area contributed by atoms with E-state index in [1.165, 1.54) is 7.11 Å². The first-order valence-corrected chi connectivity index (χ1v) is 12.2. The lowest BCUT2D eigenvalue weighted by atomic mass is 10.0. The average Bonchev–Trinajstić information content (AvgIpc) is 3.17. The van der Waals surface area contributed by atoms with E-state index in [-0.39, 0.29) is 23.8 Å². The predicted octanol–water partition coefficient (Wildman–Crippen LogP) is 2.82. The van der Waals surface area contributed by atoms with E-state index in [0.717, 1.165) is 33.3 Å². The number of rotatable bonds is 6. The molecule has 0 fully saturated rings. The van der Waals surface area contributed by atoms with E-state index >= 15 is 0 Å². The number of aromatic nitrogens is 1. The monoisotopic (exact) mass is 469 g/mol. The molecule has 9 heteroatoms. The summed E-state index contributed by atoms with van der Waals surface area (Å²) in [7, 11) is -2.34. The molecular formula is C24H27N3O5S. The summed E-state index contributed by atoms with van der Waals surface area (Å²) in [5.41, 5.74) is 5.30.